The van der Waals surface area contributed by atoms with Gasteiger partial charge in [-0.3, -0.25) is 0 Å². The average Bonchev–Trinajstić information content (AvgIpc) is 3.18. The molecule has 0 saturated heterocycles. The molecule has 3 aromatic carbocycles. The lowest BCUT2D eigenvalue weighted by Gasteiger charge is -2.36. The zero-order valence-electron chi connectivity index (χ0n) is 18.5. The number of ether oxygens (including phenoxy) is 1. The topological polar surface area (TPSA) is 39.9 Å². The predicted octanol–water partition coefficient (Wildman–Crippen LogP) is 7.13. The summed E-state index contributed by atoms with van der Waals surface area (Å²) in [6, 6.07) is 30.0. The van der Waals surface area contributed by atoms with Crippen LogP contribution in [-0.4, -0.2) is 21.1 Å². The van der Waals surface area contributed by atoms with Gasteiger partial charge in [-0.15, -0.1) is 18.3 Å². The van der Waals surface area contributed by atoms with Crippen molar-refractivity contribution in [1.29, 1.82) is 0 Å². The van der Waals surface area contributed by atoms with E-state index in [9.17, 15) is 13.2 Å². The Balaban J connectivity index is 1.99. The molecule has 8 heteroatoms. The first-order valence-electron chi connectivity index (χ1n) is 10.8. The third-order valence-electron chi connectivity index (χ3n) is 5.89. The van der Waals surface area contributed by atoms with Gasteiger partial charge in [0.2, 0.25) is 0 Å². The Bertz CT molecular complexity index is 1370. The van der Waals surface area contributed by atoms with Gasteiger partial charge in [0.15, 0.2) is 0 Å². The molecule has 176 valence electrons. The molecule has 0 aliphatic carbocycles. The highest BCUT2D eigenvalue weighted by Gasteiger charge is 2.43. The molecule has 0 radical (unpaired) electrons. The second-order valence-corrected chi connectivity index (χ2v) is 8.39. The van der Waals surface area contributed by atoms with Gasteiger partial charge in [-0.1, -0.05) is 103 Å². The minimum atomic E-state index is -4.94. The summed E-state index contributed by atoms with van der Waals surface area (Å²) < 4.78 is 46.3. The number of hydrogen-bond donors (Lipinski definition) is 0. The van der Waals surface area contributed by atoms with Crippen molar-refractivity contribution in [2.24, 2.45) is 0 Å². The number of pyridine rings is 1. The molecule has 0 bridgehead atoms. The number of benzene rings is 3. The van der Waals surface area contributed by atoms with Crippen LogP contribution in [0, 0.1) is 6.92 Å². The van der Waals surface area contributed by atoms with Crippen molar-refractivity contribution in [3.05, 3.63) is 125 Å². The second kappa shape index (κ2) is 8.74. The maximum atomic E-state index is 13.4. The lowest BCUT2D eigenvalue weighted by molar-refractivity contribution is -0.275. The first-order valence-corrected chi connectivity index (χ1v) is 11.2. The molecule has 4 nitrogen and oxygen atoms in total. The molecule has 0 atom stereocenters. The van der Waals surface area contributed by atoms with Crippen LogP contribution in [0.4, 0.5) is 13.2 Å². The van der Waals surface area contributed by atoms with Crippen LogP contribution in [0.15, 0.2) is 97.1 Å². The Kier molecular flexibility index (Phi) is 5.73. The Morgan fingerprint density at radius 3 is 1.66 bits per heavy atom. The fourth-order valence-corrected chi connectivity index (χ4v) is 4.82. The largest absolute Gasteiger partial charge is 0.574 e. The molecule has 2 aromatic heterocycles. The molecule has 35 heavy (non-hydrogen) atoms. The number of halogens is 4. The summed E-state index contributed by atoms with van der Waals surface area (Å²) in [5, 5.41) is 4.73. The van der Waals surface area contributed by atoms with E-state index in [1.807, 2.05) is 91.0 Å². The lowest BCUT2D eigenvalue weighted by atomic mass is 9.77. The second-order valence-electron chi connectivity index (χ2n) is 8.00. The average molecular weight is 494 g/mol. The first-order chi connectivity index (χ1) is 16.8. The van der Waals surface area contributed by atoms with Crippen LogP contribution >= 0.6 is 11.6 Å². The molecule has 0 aliphatic rings. The Morgan fingerprint density at radius 1 is 0.771 bits per heavy atom. The molecular formula is C27H19ClF3N3O. The highest BCUT2D eigenvalue weighted by Crippen LogP contribution is 2.45. The fourth-order valence-electron chi connectivity index (χ4n) is 4.59. The van der Waals surface area contributed by atoms with Crippen molar-refractivity contribution < 1.29 is 17.9 Å². The van der Waals surface area contributed by atoms with Crippen LogP contribution in [0.1, 0.15) is 22.4 Å². The zero-order valence-corrected chi connectivity index (χ0v) is 19.3. The van der Waals surface area contributed by atoms with Crippen molar-refractivity contribution in [2.75, 3.05) is 0 Å². The SMILES string of the molecule is Cc1nc(Cl)cc2c1c(OC(F)(F)F)nn2C(c1ccccc1)(c1ccccc1)c1ccccc1. The van der Waals surface area contributed by atoms with Crippen molar-refractivity contribution in [2.45, 2.75) is 18.8 Å². The summed E-state index contributed by atoms with van der Waals surface area (Å²) in [6.07, 6.45) is -4.94. The summed E-state index contributed by atoms with van der Waals surface area (Å²) in [4.78, 5) is 4.17. The Labute approximate surface area is 204 Å². The van der Waals surface area contributed by atoms with E-state index in [0.717, 1.165) is 16.7 Å². The van der Waals surface area contributed by atoms with Gasteiger partial charge in [0.25, 0.3) is 5.88 Å². The highest BCUT2D eigenvalue weighted by atomic mass is 35.5. The highest BCUT2D eigenvalue weighted by molar-refractivity contribution is 6.30. The van der Waals surface area contributed by atoms with E-state index in [4.69, 9.17) is 11.6 Å². The number of hydrogen-bond acceptors (Lipinski definition) is 3. The van der Waals surface area contributed by atoms with E-state index in [-0.39, 0.29) is 16.2 Å². The first kappa shape index (κ1) is 22.9. The minimum Gasteiger partial charge on any atom is -0.385 e. The van der Waals surface area contributed by atoms with E-state index in [1.54, 1.807) is 11.6 Å². The number of fused-ring (bicyclic) bond motifs is 1. The van der Waals surface area contributed by atoms with E-state index in [1.165, 1.54) is 6.07 Å². The molecule has 0 saturated carbocycles. The Hall–Kier alpha value is -3.84. The summed E-state index contributed by atoms with van der Waals surface area (Å²) >= 11 is 6.31. The van der Waals surface area contributed by atoms with Gasteiger partial charge in [0.1, 0.15) is 10.7 Å². The summed E-state index contributed by atoms with van der Waals surface area (Å²) in [5.74, 6) is -0.582. The number of aryl methyl sites for hydroxylation is 1. The van der Waals surface area contributed by atoms with Gasteiger partial charge in [0.05, 0.1) is 16.6 Å². The summed E-state index contributed by atoms with van der Waals surface area (Å²) in [6.45, 7) is 1.58. The lowest BCUT2D eigenvalue weighted by Crippen LogP contribution is -2.38. The quantitative estimate of drug-likeness (QED) is 0.193. The van der Waals surface area contributed by atoms with Gasteiger partial charge < -0.3 is 4.74 Å². The van der Waals surface area contributed by atoms with Crippen LogP contribution in [0.5, 0.6) is 5.88 Å². The van der Waals surface area contributed by atoms with E-state index < -0.39 is 17.8 Å². The van der Waals surface area contributed by atoms with Gasteiger partial charge in [-0.05, 0) is 23.6 Å². The standard InChI is InChI=1S/C27H19ClF3N3O/c1-18-24-22(17-23(28)32-18)34(33-25(24)35-27(29,30)31)26(19-11-5-2-6-12-19,20-13-7-3-8-14-20)21-15-9-4-10-16-21/h2-17H,1H3. The molecule has 0 N–H and O–H groups in total. The molecule has 2 heterocycles. The Morgan fingerprint density at radius 2 is 1.23 bits per heavy atom. The number of aromatic nitrogens is 3. The van der Waals surface area contributed by atoms with Gasteiger partial charge in [0, 0.05) is 6.07 Å². The maximum absolute atomic E-state index is 13.4. The fraction of sp³-hybridized carbons (Fsp3) is 0.111. The molecule has 0 aliphatic heterocycles. The van der Waals surface area contributed by atoms with Gasteiger partial charge >= 0.3 is 6.36 Å². The number of nitrogens with zero attached hydrogens (tertiary/aromatic N) is 3. The van der Waals surface area contributed by atoms with Crippen molar-refractivity contribution in [3.63, 3.8) is 0 Å². The number of rotatable bonds is 5. The van der Waals surface area contributed by atoms with Crippen LogP contribution in [0.2, 0.25) is 5.15 Å². The monoisotopic (exact) mass is 493 g/mol. The molecule has 5 aromatic rings. The summed E-state index contributed by atoms with van der Waals surface area (Å²) in [7, 11) is 0. The molecule has 0 spiro atoms. The molecular weight excluding hydrogens is 475 g/mol. The van der Waals surface area contributed by atoms with E-state index in [0.29, 0.717) is 5.52 Å². The molecule has 0 unspecified atom stereocenters. The van der Waals surface area contributed by atoms with Gasteiger partial charge in [-0.2, -0.15) is 0 Å². The predicted molar refractivity (Wildman–Crippen MR) is 129 cm³/mol. The smallest absolute Gasteiger partial charge is 0.385 e. The van der Waals surface area contributed by atoms with E-state index >= 15 is 0 Å². The van der Waals surface area contributed by atoms with Crippen LogP contribution in [0.3, 0.4) is 0 Å². The third-order valence-corrected chi connectivity index (χ3v) is 6.08. The van der Waals surface area contributed by atoms with E-state index in [2.05, 4.69) is 14.8 Å². The maximum Gasteiger partial charge on any atom is 0.574 e. The number of alkyl halides is 3. The van der Waals surface area contributed by atoms with Gasteiger partial charge in [-0.25, -0.2) is 9.67 Å². The molecule has 0 amide bonds. The minimum absolute atomic E-state index is 0.137. The van der Waals surface area contributed by atoms with Crippen molar-refractivity contribution in [1.82, 2.24) is 14.8 Å². The summed E-state index contributed by atoms with van der Waals surface area (Å²) in [5.41, 5.74) is 1.88. The van der Waals surface area contributed by atoms with Crippen molar-refractivity contribution in [3.8, 4) is 5.88 Å². The molecule has 5 rings (SSSR count). The van der Waals surface area contributed by atoms with Crippen LogP contribution in [0.25, 0.3) is 10.9 Å². The normalized spacial score (nSPS) is 12.1. The third kappa shape index (κ3) is 4.02. The van der Waals surface area contributed by atoms with Crippen LogP contribution < -0.4 is 4.74 Å². The van der Waals surface area contributed by atoms with Crippen molar-refractivity contribution >= 4 is 22.5 Å². The molecule has 0 fully saturated rings. The van der Waals surface area contributed by atoms with Crippen LogP contribution in [-0.2, 0) is 5.54 Å². The zero-order chi connectivity index (χ0) is 24.6.